The Morgan fingerprint density at radius 3 is 2.73 bits per heavy atom. The highest BCUT2D eigenvalue weighted by molar-refractivity contribution is 7.13. The SMILES string of the molecule is CC1(C)CC1c1csc(N)n1. The molecule has 1 aromatic heterocycles. The second-order valence-corrected chi connectivity index (χ2v) is 4.75. The van der Waals surface area contributed by atoms with E-state index < -0.39 is 0 Å². The maximum atomic E-state index is 5.54. The predicted molar refractivity (Wildman–Crippen MR) is 47.7 cm³/mol. The third-order valence-electron chi connectivity index (χ3n) is 2.41. The van der Waals surface area contributed by atoms with Crippen LogP contribution in [-0.4, -0.2) is 4.98 Å². The third-order valence-corrected chi connectivity index (χ3v) is 3.10. The fourth-order valence-electron chi connectivity index (χ4n) is 1.43. The Labute approximate surface area is 70.5 Å². The lowest BCUT2D eigenvalue weighted by molar-refractivity contribution is 0.617. The smallest absolute Gasteiger partial charge is 0.180 e. The van der Waals surface area contributed by atoms with Crippen molar-refractivity contribution in [3.05, 3.63) is 11.1 Å². The van der Waals surface area contributed by atoms with Crippen LogP contribution in [-0.2, 0) is 0 Å². The van der Waals surface area contributed by atoms with Crippen molar-refractivity contribution in [2.45, 2.75) is 26.2 Å². The van der Waals surface area contributed by atoms with Gasteiger partial charge in [-0.3, -0.25) is 0 Å². The van der Waals surface area contributed by atoms with Gasteiger partial charge in [-0.15, -0.1) is 11.3 Å². The first-order valence-electron chi connectivity index (χ1n) is 3.80. The quantitative estimate of drug-likeness (QED) is 0.698. The minimum atomic E-state index is 0.473. The summed E-state index contributed by atoms with van der Waals surface area (Å²) in [5.41, 5.74) is 7.21. The Bertz CT molecular complexity index is 277. The molecule has 2 nitrogen and oxygen atoms in total. The van der Waals surface area contributed by atoms with E-state index in [0.29, 0.717) is 16.5 Å². The van der Waals surface area contributed by atoms with Crippen molar-refractivity contribution in [2.24, 2.45) is 5.41 Å². The van der Waals surface area contributed by atoms with E-state index in [4.69, 9.17) is 5.73 Å². The van der Waals surface area contributed by atoms with Gasteiger partial charge >= 0.3 is 0 Å². The van der Waals surface area contributed by atoms with Gasteiger partial charge < -0.3 is 5.73 Å². The molecule has 1 fully saturated rings. The maximum Gasteiger partial charge on any atom is 0.180 e. The van der Waals surface area contributed by atoms with Gasteiger partial charge in [0.1, 0.15) is 0 Å². The number of nitrogen functional groups attached to an aromatic ring is 1. The Hall–Kier alpha value is -0.570. The van der Waals surface area contributed by atoms with Crippen LogP contribution in [0.25, 0.3) is 0 Å². The van der Waals surface area contributed by atoms with Crippen molar-refractivity contribution in [1.29, 1.82) is 0 Å². The van der Waals surface area contributed by atoms with E-state index in [2.05, 4.69) is 24.2 Å². The van der Waals surface area contributed by atoms with Crippen molar-refractivity contribution in [1.82, 2.24) is 4.98 Å². The normalized spacial score (nSPS) is 26.9. The highest BCUT2D eigenvalue weighted by Crippen LogP contribution is 2.58. The van der Waals surface area contributed by atoms with Gasteiger partial charge in [0.05, 0.1) is 5.69 Å². The first-order chi connectivity index (χ1) is 5.09. The van der Waals surface area contributed by atoms with Gasteiger partial charge in [0.15, 0.2) is 5.13 Å². The van der Waals surface area contributed by atoms with E-state index >= 15 is 0 Å². The van der Waals surface area contributed by atoms with E-state index in [-0.39, 0.29) is 0 Å². The summed E-state index contributed by atoms with van der Waals surface area (Å²) in [6.07, 6.45) is 1.26. The molecule has 1 aliphatic rings. The maximum absolute atomic E-state index is 5.54. The molecule has 0 spiro atoms. The molecule has 0 bridgehead atoms. The van der Waals surface area contributed by atoms with Crippen molar-refractivity contribution in [3.63, 3.8) is 0 Å². The van der Waals surface area contributed by atoms with Gasteiger partial charge in [-0.05, 0) is 11.8 Å². The topological polar surface area (TPSA) is 38.9 Å². The first-order valence-corrected chi connectivity index (χ1v) is 4.68. The number of nitrogens with zero attached hydrogens (tertiary/aromatic N) is 1. The lowest BCUT2D eigenvalue weighted by Gasteiger charge is -1.97. The van der Waals surface area contributed by atoms with Crippen LogP contribution in [0.2, 0.25) is 0 Å². The molecule has 0 amide bonds. The summed E-state index contributed by atoms with van der Waals surface area (Å²) >= 11 is 1.54. The summed E-state index contributed by atoms with van der Waals surface area (Å²) < 4.78 is 0. The highest BCUT2D eigenvalue weighted by atomic mass is 32.1. The molecule has 0 saturated heterocycles. The zero-order valence-corrected chi connectivity index (χ0v) is 7.61. The minimum Gasteiger partial charge on any atom is -0.375 e. The molecule has 0 radical (unpaired) electrons. The molecule has 1 saturated carbocycles. The molecule has 1 unspecified atom stereocenters. The fraction of sp³-hybridized carbons (Fsp3) is 0.625. The van der Waals surface area contributed by atoms with Crippen LogP contribution in [0.3, 0.4) is 0 Å². The summed E-state index contributed by atoms with van der Waals surface area (Å²) in [4.78, 5) is 4.26. The summed E-state index contributed by atoms with van der Waals surface area (Å²) in [5, 5.41) is 2.78. The van der Waals surface area contributed by atoms with Crippen LogP contribution >= 0.6 is 11.3 Å². The number of thiazole rings is 1. The Morgan fingerprint density at radius 1 is 1.73 bits per heavy atom. The summed E-state index contributed by atoms with van der Waals surface area (Å²) in [5.74, 6) is 0.663. The van der Waals surface area contributed by atoms with Gasteiger partial charge in [0, 0.05) is 11.3 Å². The van der Waals surface area contributed by atoms with E-state index in [0.717, 1.165) is 0 Å². The Morgan fingerprint density at radius 2 is 2.36 bits per heavy atom. The largest absolute Gasteiger partial charge is 0.375 e. The van der Waals surface area contributed by atoms with E-state index in [1.165, 1.54) is 12.1 Å². The molecule has 60 valence electrons. The van der Waals surface area contributed by atoms with Crippen molar-refractivity contribution < 1.29 is 0 Å². The lowest BCUT2D eigenvalue weighted by atomic mass is 10.1. The zero-order chi connectivity index (χ0) is 8.06. The molecular weight excluding hydrogens is 156 g/mol. The van der Waals surface area contributed by atoms with Crippen molar-refractivity contribution in [3.8, 4) is 0 Å². The Balaban J connectivity index is 2.20. The van der Waals surface area contributed by atoms with E-state index in [1.807, 2.05) is 0 Å². The predicted octanol–water partition coefficient (Wildman–Crippen LogP) is 2.24. The van der Waals surface area contributed by atoms with Gasteiger partial charge in [0.2, 0.25) is 0 Å². The van der Waals surface area contributed by atoms with E-state index in [9.17, 15) is 0 Å². The van der Waals surface area contributed by atoms with Crippen LogP contribution in [0.1, 0.15) is 31.9 Å². The molecule has 0 aliphatic heterocycles. The lowest BCUT2D eigenvalue weighted by Crippen LogP contribution is -1.90. The minimum absolute atomic E-state index is 0.473. The summed E-state index contributed by atoms with van der Waals surface area (Å²) in [6, 6.07) is 0. The number of hydrogen-bond donors (Lipinski definition) is 1. The molecule has 1 aromatic rings. The number of hydrogen-bond acceptors (Lipinski definition) is 3. The van der Waals surface area contributed by atoms with Crippen molar-refractivity contribution >= 4 is 16.5 Å². The zero-order valence-electron chi connectivity index (χ0n) is 6.79. The van der Waals surface area contributed by atoms with Crippen LogP contribution in [0.4, 0.5) is 5.13 Å². The standard InChI is InChI=1S/C8H12N2S/c1-8(2)3-5(8)6-4-11-7(9)10-6/h4-5H,3H2,1-2H3,(H2,9,10). The average Bonchev–Trinajstić information content (AvgIpc) is 2.39. The highest BCUT2D eigenvalue weighted by Gasteiger charge is 2.47. The summed E-state index contributed by atoms with van der Waals surface area (Å²) in [6.45, 7) is 4.54. The molecule has 11 heavy (non-hydrogen) atoms. The van der Waals surface area contributed by atoms with E-state index in [1.54, 1.807) is 11.3 Å². The van der Waals surface area contributed by atoms with Gasteiger partial charge in [0.25, 0.3) is 0 Å². The second-order valence-electron chi connectivity index (χ2n) is 3.86. The van der Waals surface area contributed by atoms with Crippen LogP contribution in [0.15, 0.2) is 5.38 Å². The number of rotatable bonds is 1. The van der Waals surface area contributed by atoms with Crippen LogP contribution in [0, 0.1) is 5.41 Å². The average molecular weight is 168 g/mol. The fourth-order valence-corrected chi connectivity index (χ4v) is 2.05. The molecule has 0 aromatic carbocycles. The van der Waals surface area contributed by atoms with Gasteiger partial charge in [-0.2, -0.15) is 0 Å². The van der Waals surface area contributed by atoms with Crippen molar-refractivity contribution in [2.75, 3.05) is 5.73 Å². The monoisotopic (exact) mass is 168 g/mol. The number of aromatic nitrogens is 1. The van der Waals surface area contributed by atoms with Gasteiger partial charge in [-0.1, -0.05) is 13.8 Å². The number of anilines is 1. The molecule has 3 heteroatoms. The Kier molecular flexibility index (Phi) is 1.27. The molecule has 2 N–H and O–H groups in total. The molecule has 1 heterocycles. The number of nitrogens with two attached hydrogens (primary N) is 1. The first kappa shape index (κ1) is 7.10. The molecule has 1 atom stereocenters. The molecule has 2 rings (SSSR count). The van der Waals surface area contributed by atoms with Gasteiger partial charge in [-0.25, -0.2) is 4.98 Å². The second kappa shape index (κ2) is 1.97. The third kappa shape index (κ3) is 1.13. The van der Waals surface area contributed by atoms with Crippen LogP contribution < -0.4 is 5.73 Å². The molecular formula is C8H12N2S. The van der Waals surface area contributed by atoms with Crippen LogP contribution in [0.5, 0.6) is 0 Å². The summed E-state index contributed by atoms with van der Waals surface area (Å²) in [7, 11) is 0. The molecule has 1 aliphatic carbocycles.